The first-order valence-corrected chi connectivity index (χ1v) is 3.88. The molecular weight excluding hydrogens is 160 g/mol. The highest BCUT2D eigenvalue weighted by Gasteiger charge is 1.96. The van der Waals surface area contributed by atoms with Crippen LogP contribution in [-0.2, 0) is 4.79 Å². The Hall–Kier alpha value is -1.26. The molecule has 0 aliphatic rings. The van der Waals surface area contributed by atoms with E-state index in [9.17, 15) is 9.59 Å². The molecule has 0 aliphatic heterocycles. The number of urea groups is 1. The van der Waals surface area contributed by atoms with Crippen molar-refractivity contribution in [2.24, 2.45) is 5.73 Å². The van der Waals surface area contributed by atoms with Gasteiger partial charge < -0.3 is 16.2 Å². The van der Waals surface area contributed by atoms with Crippen molar-refractivity contribution in [2.45, 2.75) is 25.7 Å². The van der Waals surface area contributed by atoms with Crippen LogP contribution < -0.4 is 11.1 Å². The fraction of sp³-hybridized carbons (Fsp3) is 0.714. The summed E-state index contributed by atoms with van der Waals surface area (Å²) in [5, 5.41) is 10.7. The molecule has 0 rings (SSSR count). The van der Waals surface area contributed by atoms with E-state index < -0.39 is 12.0 Å². The normalized spacial score (nSPS) is 9.33. The molecule has 0 radical (unpaired) electrons. The Morgan fingerprint density at radius 2 is 1.92 bits per heavy atom. The molecule has 0 aromatic heterocycles. The number of amides is 2. The van der Waals surface area contributed by atoms with Gasteiger partial charge in [0.2, 0.25) is 0 Å². The first kappa shape index (κ1) is 10.7. The quantitative estimate of drug-likeness (QED) is 0.505. The maximum atomic E-state index is 10.2. The first-order chi connectivity index (χ1) is 5.63. The summed E-state index contributed by atoms with van der Waals surface area (Å²) in [6.45, 7) is 0.523. The summed E-state index contributed by atoms with van der Waals surface area (Å²) in [6.07, 6.45) is 2.41. The van der Waals surface area contributed by atoms with Crippen LogP contribution in [0.15, 0.2) is 0 Å². The summed E-state index contributed by atoms with van der Waals surface area (Å²) < 4.78 is 0. The molecular formula is C7H14N2O3. The van der Waals surface area contributed by atoms with E-state index in [0.717, 1.165) is 12.8 Å². The highest BCUT2D eigenvalue weighted by atomic mass is 16.4. The Morgan fingerprint density at radius 1 is 1.25 bits per heavy atom. The lowest BCUT2D eigenvalue weighted by Crippen LogP contribution is -2.29. The lowest BCUT2D eigenvalue weighted by atomic mass is 10.2. The fourth-order valence-corrected chi connectivity index (χ4v) is 0.790. The van der Waals surface area contributed by atoms with Crippen molar-refractivity contribution in [3.05, 3.63) is 0 Å². The topological polar surface area (TPSA) is 92.4 Å². The van der Waals surface area contributed by atoms with Crippen LogP contribution in [0.1, 0.15) is 25.7 Å². The third-order valence-electron chi connectivity index (χ3n) is 1.37. The maximum absolute atomic E-state index is 10.2. The monoisotopic (exact) mass is 174 g/mol. The number of rotatable bonds is 6. The molecule has 0 spiro atoms. The third-order valence-corrected chi connectivity index (χ3v) is 1.37. The molecule has 0 heterocycles. The number of hydrogen-bond donors (Lipinski definition) is 3. The highest BCUT2D eigenvalue weighted by Crippen LogP contribution is 1.98. The number of nitrogens with two attached hydrogens (primary N) is 1. The van der Waals surface area contributed by atoms with Gasteiger partial charge >= 0.3 is 12.0 Å². The number of carboxylic acid groups (broad SMARTS) is 1. The molecule has 0 saturated heterocycles. The van der Waals surface area contributed by atoms with Crippen LogP contribution >= 0.6 is 0 Å². The number of carboxylic acids is 1. The summed E-state index contributed by atoms with van der Waals surface area (Å²) >= 11 is 0. The maximum Gasteiger partial charge on any atom is 0.312 e. The molecule has 2 amide bonds. The van der Waals surface area contributed by atoms with Gasteiger partial charge in [-0.3, -0.25) is 4.79 Å². The third kappa shape index (κ3) is 8.74. The van der Waals surface area contributed by atoms with Crippen LogP contribution in [0, 0.1) is 0 Å². The van der Waals surface area contributed by atoms with Gasteiger partial charge in [0.05, 0.1) is 0 Å². The number of nitrogens with one attached hydrogen (secondary N) is 1. The van der Waals surface area contributed by atoms with Crippen LogP contribution in [0.2, 0.25) is 0 Å². The van der Waals surface area contributed by atoms with Crippen molar-refractivity contribution in [1.29, 1.82) is 0 Å². The minimum Gasteiger partial charge on any atom is -0.481 e. The molecule has 0 aliphatic carbocycles. The van der Waals surface area contributed by atoms with E-state index in [0.29, 0.717) is 13.0 Å². The summed E-state index contributed by atoms with van der Waals surface area (Å²) in [4.78, 5) is 20.2. The Kier molecular flexibility index (Phi) is 5.77. The van der Waals surface area contributed by atoms with Crippen LogP contribution in [0.3, 0.4) is 0 Å². The van der Waals surface area contributed by atoms with E-state index in [-0.39, 0.29) is 6.42 Å². The Balaban J connectivity index is 3.01. The van der Waals surface area contributed by atoms with E-state index in [1.807, 2.05) is 0 Å². The number of hydrogen-bond acceptors (Lipinski definition) is 2. The minimum absolute atomic E-state index is 0.191. The van der Waals surface area contributed by atoms with Crippen molar-refractivity contribution in [1.82, 2.24) is 5.32 Å². The second-order valence-corrected chi connectivity index (χ2v) is 2.50. The zero-order valence-electron chi connectivity index (χ0n) is 6.88. The number of unbranched alkanes of at least 4 members (excludes halogenated alkanes) is 2. The van der Waals surface area contributed by atoms with Gasteiger partial charge in [-0.05, 0) is 12.8 Å². The van der Waals surface area contributed by atoms with E-state index in [4.69, 9.17) is 10.8 Å². The van der Waals surface area contributed by atoms with Crippen molar-refractivity contribution in [2.75, 3.05) is 6.54 Å². The molecule has 12 heavy (non-hydrogen) atoms. The van der Waals surface area contributed by atoms with Crippen molar-refractivity contribution >= 4 is 12.0 Å². The van der Waals surface area contributed by atoms with Gasteiger partial charge in [-0.25, -0.2) is 4.79 Å². The molecule has 0 unspecified atom stereocenters. The zero-order valence-corrected chi connectivity index (χ0v) is 6.88. The molecule has 0 bridgehead atoms. The second kappa shape index (κ2) is 6.45. The molecule has 5 nitrogen and oxygen atoms in total. The second-order valence-electron chi connectivity index (χ2n) is 2.50. The lowest BCUT2D eigenvalue weighted by Gasteiger charge is -1.99. The van der Waals surface area contributed by atoms with Crippen LogP contribution in [0.4, 0.5) is 4.79 Å². The average Bonchev–Trinajstić information content (AvgIpc) is 1.95. The van der Waals surface area contributed by atoms with E-state index >= 15 is 0 Å². The van der Waals surface area contributed by atoms with Gasteiger partial charge in [0.15, 0.2) is 0 Å². The summed E-state index contributed by atoms with van der Waals surface area (Å²) in [6, 6.07) is -0.534. The van der Waals surface area contributed by atoms with Crippen molar-refractivity contribution < 1.29 is 14.7 Å². The highest BCUT2D eigenvalue weighted by molar-refractivity contribution is 5.71. The van der Waals surface area contributed by atoms with Crippen LogP contribution in [-0.4, -0.2) is 23.7 Å². The number of primary amides is 1. The number of carbonyl (C=O) groups excluding carboxylic acids is 1. The summed E-state index contributed by atoms with van der Waals surface area (Å²) in [7, 11) is 0. The predicted molar refractivity (Wildman–Crippen MR) is 43.7 cm³/mol. The van der Waals surface area contributed by atoms with Gasteiger partial charge in [0.1, 0.15) is 0 Å². The summed E-state index contributed by atoms with van der Waals surface area (Å²) in [5.74, 6) is -0.780. The SMILES string of the molecule is NC(=O)NCCCCCC(=O)O. The van der Waals surface area contributed by atoms with Crippen LogP contribution in [0.5, 0.6) is 0 Å². The van der Waals surface area contributed by atoms with E-state index in [1.54, 1.807) is 0 Å². The Morgan fingerprint density at radius 3 is 2.42 bits per heavy atom. The summed E-state index contributed by atoms with van der Waals surface area (Å²) in [5.41, 5.74) is 4.81. The number of aliphatic carboxylic acids is 1. The van der Waals surface area contributed by atoms with Crippen molar-refractivity contribution in [3.63, 3.8) is 0 Å². The molecule has 0 atom stereocenters. The molecule has 70 valence electrons. The lowest BCUT2D eigenvalue weighted by molar-refractivity contribution is -0.137. The predicted octanol–water partition coefficient (Wildman–Crippen LogP) is 0.300. The molecule has 5 heteroatoms. The molecule has 0 aromatic rings. The average molecular weight is 174 g/mol. The zero-order chi connectivity index (χ0) is 9.40. The van der Waals surface area contributed by atoms with E-state index in [2.05, 4.69) is 5.32 Å². The van der Waals surface area contributed by atoms with Gasteiger partial charge in [0.25, 0.3) is 0 Å². The van der Waals surface area contributed by atoms with Crippen molar-refractivity contribution in [3.8, 4) is 0 Å². The molecule has 0 saturated carbocycles. The number of carbonyl (C=O) groups is 2. The first-order valence-electron chi connectivity index (χ1n) is 3.88. The Bertz CT molecular complexity index is 141. The molecule has 0 aromatic carbocycles. The van der Waals surface area contributed by atoms with E-state index in [1.165, 1.54) is 0 Å². The van der Waals surface area contributed by atoms with Gasteiger partial charge in [-0.15, -0.1) is 0 Å². The van der Waals surface area contributed by atoms with Gasteiger partial charge in [-0.2, -0.15) is 0 Å². The smallest absolute Gasteiger partial charge is 0.312 e. The largest absolute Gasteiger partial charge is 0.481 e. The van der Waals surface area contributed by atoms with Gasteiger partial charge in [0, 0.05) is 13.0 Å². The molecule has 4 N–H and O–H groups in total. The fourth-order valence-electron chi connectivity index (χ4n) is 0.790. The standard InChI is InChI=1S/C7H14N2O3/c8-7(12)9-5-3-1-2-4-6(10)11/h1-5H2,(H,10,11)(H3,8,9,12). The minimum atomic E-state index is -0.780. The Labute approximate surface area is 70.9 Å². The van der Waals surface area contributed by atoms with Crippen LogP contribution in [0.25, 0.3) is 0 Å². The molecule has 0 fully saturated rings. The van der Waals surface area contributed by atoms with Gasteiger partial charge in [-0.1, -0.05) is 6.42 Å².